The summed E-state index contributed by atoms with van der Waals surface area (Å²) in [4.78, 5) is 11.9. The molecule has 5 heteroatoms. The van der Waals surface area contributed by atoms with E-state index in [0.717, 1.165) is 31.7 Å². The third kappa shape index (κ3) is 2.99. The number of fused-ring (bicyclic) bond motifs is 1. The first-order valence-corrected chi connectivity index (χ1v) is 6.48. The molecule has 1 aliphatic rings. The summed E-state index contributed by atoms with van der Waals surface area (Å²) in [6.45, 7) is 1.61. The van der Waals surface area contributed by atoms with Gasteiger partial charge in [-0.05, 0) is 30.4 Å². The third-order valence-electron chi connectivity index (χ3n) is 3.31. The Hall–Kier alpha value is -2.17. The van der Waals surface area contributed by atoms with Crippen molar-refractivity contribution >= 4 is 5.95 Å². The molecular formula is C14H16N4O. The van der Waals surface area contributed by atoms with Gasteiger partial charge in [0.15, 0.2) is 0 Å². The maximum Gasteiger partial charge on any atom is 0.225 e. The smallest absolute Gasteiger partial charge is 0.225 e. The fourth-order valence-corrected chi connectivity index (χ4v) is 2.30. The van der Waals surface area contributed by atoms with Crippen LogP contribution in [0.1, 0.15) is 12.0 Å². The number of hydrogen-bond donors (Lipinski definition) is 1. The molecule has 1 aliphatic heterocycles. The van der Waals surface area contributed by atoms with Crippen molar-refractivity contribution < 1.29 is 4.74 Å². The molecule has 1 atom stereocenters. The van der Waals surface area contributed by atoms with E-state index >= 15 is 0 Å². The van der Waals surface area contributed by atoms with Crippen molar-refractivity contribution in [3.8, 4) is 5.75 Å². The Kier molecular flexibility index (Phi) is 3.54. The fraction of sp³-hybridized carbons (Fsp3) is 0.357. The minimum atomic E-state index is 0.528. The normalized spacial score (nSPS) is 18.0. The molecular weight excluding hydrogens is 240 g/mol. The number of ether oxygens (including phenoxy) is 1. The van der Waals surface area contributed by atoms with Gasteiger partial charge in [0.2, 0.25) is 5.95 Å². The van der Waals surface area contributed by atoms with E-state index in [-0.39, 0.29) is 0 Å². The van der Waals surface area contributed by atoms with Gasteiger partial charge in [0.1, 0.15) is 18.4 Å². The lowest BCUT2D eigenvalue weighted by Crippen LogP contribution is -2.18. The molecule has 98 valence electrons. The fourth-order valence-electron chi connectivity index (χ4n) is 2.30. The van der Waals surface area contributed by atoms with E-state index in [1.165, 1.54) is 18.2 Å². The Morgan fingerprint density at radius 2 is 2.05 bits per heavy atom. The van der Waals surface area contributed by atoms with Crippen molar-refractivity contribution in [3.05, 3.63) is 42.5 Å². The minimum Gasteiger partial charge on any atom is -0.493 e. The van der Waals surface area contributed by atoms with Gasteiger partial charge in [-0.25, -0.2) is 15.0 Å². The van der Waals surface area contributed by atoms with Crippen LogP contribution < -0.4 is 10.1 Å². The Bertz CT molecular complexity index is 532. The topological polar surface area (TPSA) is 59.9 Å². The number of para-hydroxylation sites is 1. The Morgan fingerprint density at radius 3 is 2.95 bits per heavy atom. The lowest BCUT2D eigenvalue weighted by Gasteiger charge is -2.14. The lowest BCUT2D eigenvalue weighted by molar-refractivity contribution is 0.298. The molecule has 1 aromatic carbocycles. The molecule has 5 nitrogen and oxygen atoms in total. The molecule has 0 saturated heterocycles. The number of anilines is 1. The highest BCUT2D eigenvalue weighted by atomic mass is 16.5. The maximum atomic E-state index is 5.76. The van der Waals surface area contributed by atoms with Gasteiger partial charge >= 0.3 is 0 Å². The van der Waals surface area contributed by atoms with Crippen LogP contribution >= 0.6 is 0 Å². The predicted octanol–water partition coefficient (Wildman–Crippen LogP) is 1.92. The Morgan fingerprint density at radius 1 is 1.21 bits per heavy atom. The molecule has 3 rings (SSSR count). The van der Waals surface area contributed by atoms with E-state index in [1.807, 2.05) is 12.1 Å². The lowest BCUT2D eigenvalue weighted by atomic mass is 9.97. The van der Waals surface area contributed by atoms with E-state index in [0.29, 0.717) is 11.9 Å². The van der Waals surface area contributed by atoms with Crippen LogP contribution in [-0.2, 0) is 6.42 Å². The molecule has 0 bridgehead atoms. The second-order valence-corrected chi connectivity index (χ2v) is 4.66. The molecule has 19 heavy (non-hydrogen) atoms. The van der Waals surface area contributed by atoms with Gasteiger partial charge in [0.05, 0.1) is 6.61 Å². The van der Waals surface area contributed by atoms with Crippen LogP contribution in [-0.4, -0.2) is 28.1 Å². The first kappa shape index (κ1) is 11.9. The van der Waals surface area contributed by atoms with Crippen molar-refractivity contribution in [1.82, 2.24) is 15.0 Å². The van der Waals surface area contributed by atoms with Gasteiger partial charge in [0.25, 0.3) is 0 Å². The molecule has 0 aliphatic carbocycles. The highest BCUT2D eigenvalue weighted by Crippen LogP contribution is 2.26. The second-order valence-electron chi connectivity index (χ2n) is 4.66. The average Bonchev–Trinajstić information content (AvgIpc) is 2.68. The van der Waals surface area contributed by atoms with Gasteiger partial charge in [-0.2, -0.15) is 0 Å². The van der Waals surface area contributed by atoms with Crippen LogP contribution in [0.3, 0.4) is 0 Å². The Labute approximate surface area is 112 Å². The van der Waals surface area contributed by atoms with E-state index in [4.69, 9.17) is 4.74 Å². The van der Waals surface area contributed by atoms with Gasteiger partial charge in [0, 0.05) is 6.54 Å². The van der Waals surface area contributed by atoms with Crippen molar-refractivity contribution in [2.45, 2.75) is 12.8 Å². The quantitative estimate of drug-likeness (QED) is 0.909. The van der Waals surface area contributed by atoms with Gasteiger partial charge in [-0.15, -0.1) is 0 Å². The van der Waals surface area contributed by atoms with Crippen LogP contribution in [0.4, 0.5) is 5.95 Å². The summed E-state index contributed by atoms with van der Waals surface area (Å²) in [5.74, 6) is 2.18. The first-order chi connectivity index (χ1) is 9.42. The molecule has 0 saturated carbocycles. The standard InChI is InChI=1S/C14H16N4O/c1-2-4-13-12(3-1)7-11(5-6-19-13)8-16-14-17-9-15-10-18-14/h1-4,9-11H,5-8H2,(H,15,16,17,18)/t11-/m1/s1. The SMILES string of the molecule is c1ccc2c(c1)C[C@H](CNc1ncncn1)CCO2. The van der Waals surface area contributed by atoms with E-state index in [2.05, 4.69) is 32.4 Å². The zero-order valence-electron chi connectivity index (χ0n) is 10.6. The number of nitrogens with one attached hydrogen (secondary N) is 1. The second kappa shape index (κ2) is 5.65. The van der Waals surface area contributed by atoms with Crippen molar-refractivity contribution in [3.63, 3.8) is 0 Å². The molecule has 1 aromatic heterocycles. The average molecular weight is 256 g/mol. The molecule has 0 radical (unpaired) electrons. The zero-order valence-corrected chi connectivity index (χ0v) is 10.6. The summed E-state index contributed by atoms with van der Waals surface area (Å²) < 4.78 is 5.76. The molecule has 2 heterocycles. The predicted molar refractivity (Wildman–Crippen MR) is 72.1 cm³/mol. The molecule has 2 aromatic rings. The van der Waals surface area contributed by atoms with Crippen LogP contribution in [0.25, 0.3) is 0 Å². The monoisotopic (exact) mass is 256 g/mol. The summed E-state index contributed by atoms with van der Waals surface area (Å²) in [6, 6.07) is 8.25. The van der Waals surface area contributed by atoms with Crippen LogP contribution in [0.5, 0.6) is 5.75 Å². The highest BCUT2D eigenvalue weighted by Gasteiger charge is 2.17. The molecule has 1 N–H and O–H groups in total. The minimum absolute atomic E-state index is 0.528. The molecule has 0 fully saturated rings. The van der Waals surface area contributed by atoms with E-state index < -0.39 is 0 Å². The Balaban J connectivity index is 1.63. The van der Waals surface area contributed by atoms with Gasteiger partial charge < -0.3 is 10.1 Å². The number of benzene rings is 1. The van der Waals surface area contributed by atoms with E-state index in [1.54, 1.807) is 0 Å². The molecule has 0 amide bonds. The summed E-state index contributed by atoms with van der Waals surface area (Å²) >= 11 is 0. The maximum absolute atomic E-state index is 5.76. The third-order valence-corrected chi connectivity index (χ3v) is 3.31. The summed E-state index contributed by atoms with van der Waals surface area (Å²) in [5.41, 5.74) is 1.28. The number of aromatic nitrogens is 3. The van der Waals surface area contributed by atoms with Crippen molar-refractivity contribution in [2.24, 2.45) is 5.92 Å². The van der Waals surface area contributed by atoms with E-state index in [9.17, 15) is 0 Å². The number of hydrogen-bond acceptors (Lipinski definition) is 5. The highest BCUT2D eigenvalue weighted by molar-refractivity contribution is 5.34. The largest absolute Gasteiger partial charge is 0.493 e. The van der Waals surface area contributed by atoms with Gasteiger partial charge in [-0.3, -0.25) is 0 Å². The van der Waals surface area contributed by atoms with Crippen LogP contribution in [0, 0.1) is 5.92 Å². The summed E-state index contributed by atoms with van der Waals surface area (Å²) in [7, 11) is 0. The zero-order chi connectivity index (χ0) is 12.9. The van der Waals surface area contributed by atoms with Gasteiger partial charge in [-0.1, -0.05) is 18.2 Å². The van der Waals surface area contributed by atoms with Crippen LogP contribution in [0.2, 0.25) is 0 Å². The summed E-state index contributed by atoms with van der Waals surface area (Å²) in [5, 5.41) is 3.26. The summed E-state index contributed by atoms with van der Waals surface area (Å²) in [6.07, 6.45) is 5.06. The number of rotatable bonds is 3. The molecule has 0 unspecified atom stereocenters. The van der Waals surface area contributed by atoms with Crippen LogP contribution in [0.15, 0.2) is 36.9 Å². The van der Waals surface area contributed by atoms with Crippen molar-refractivity contribution in [1.29, 1.82) is 0 Å². The first-order valence-electron chi connectivity index (χ1n) is 6.48. The van der Waals surface area contributed by atoms with Crippen molar-refractivity contribution in [2.75, 3.05) is 18.5 Å². The number of nitrogens with zero attached hydrogens (tertiary/aromatic N) is 3. The molecule has 0 spiro atoms.